The van der Waals surface area contributed by atoms with Crippen molar-refractivity contribution in [1.29, 1.82) is 0 Å². The Hall–Kier alpha value is 2.72. The van der Waals surface area contributed by atoms with Crippen LogP contribution in [0.4, 0.5) is 0 Å². The molecule has 0 rings (SSSR count). The highest BCUT2D eigenvalue weighted by Crippen LogP contribution is 2.44. The minimum atomic E-state index is -1.42. The molecule has 0 aliphatic carbocycles. The molecule has 0 heterocycles. The predicted molar refractivity (Wildman–Crippen MR) is 324 cm³/mol. The maximum Gasteiger partial charge on any atom is 0.333 e. The Kier molecular flexibility index (Phi) is 64.8. The second-order valence-electron chi connectivity index (χ2n) is 19.2. The zero-order valence-electron chi connectivity index (χ0n) is 44.0. The first-order valence-corrected chi connectivity index (χ1v) is 34.6. The first kappa shape index (κ1) is 70.7. The van der Waals surface area contributed by atoms with E-state index in [0.717, 1.165) is 74.4 Å². The van der Waals surface area contributed by atoms with Gasteiger partial charge in [0.2, 0.25) is 0 Å². The first-order chi connectivity index (χ1) is 33.6. The summed E-state index contributed by atoms with van der Waals surface area (Å²) >= 11 is 27.0. The number of thiol groups is 6. The maximum atomic E-state index is 6.32. The van der Waals surface area contributed by atoms with Crippen LogP contribution in [0.15, 0.2) is 0 Å². The number of unbranched alkanes of at least 4 members (excludes halogenated alkanes) is 37. The highest BCUT2D eigenvalue weighted by molar-refractivity contribution is 7.81. The van der Waals surface area contributed by atoms with Crippen molar-refractivity contribution in [2.24, 2.45) is 0 Å². The average Bonchev–Trinajstić information content (AvgIpc) is 3.34. The summed E-state index contributed by atoms with van der Waals surface area (Å²) in [6.45, 7) is 2.74. The van der Waals surface area contributed by atoms with Gasteiger partial charge in [0.1, 0.15) is 10.9 Å². The molecule has 0 aliphatic heterocycles. The van der Waals surface area contributed by atoms with Crippen LogP contribution in [0.1, 0.15) is 283 Å². The van der Waals surface area contributed by atoms with Gasteiger partial charge in [-0.1, -0.05) is 205 Å². The summed E-state index contributed by atoms with van der Waals surface area (Å²) in [5, 5.41) is 0. The Labute approximate surface area is 459 Å². The van der Waals surface area contributed by atoms with E-state index in [-0.39, 0.29) is 10.9 Å². The fraction of sp³-hybridized carbons (Fsp3) is 1.00. The van der Waals surface area contributed by atoms with E-state index in [9.17, 15) is 0 Å². The minimum Gasteiger partial charge on any atom is -0.312 e. The summed E-state index contributed by atoms with van der Waals surface area (Å²) in [5.74, 6) is 4.07. The van der Waals surface area contributed by atoms with Gasteiger partial charge in [-0.2, -0.15) is 50.5 Å². The summed E-state index contributed by atoms with van der Waals surface area (Å²) < 4.78 is 37.7. The van der Waals surface area contributed by atoms with Crippen molar-refractivity contribution >= 4 is 93.0 Å². The van der Waals surface area contributed by atoms with Crippen molar-refractivity contribution in [2.75, 3.05) is 49.4 Å². The molecule has 410 valence electrons. The van der Waals surface area contributed by atoms with Gasteiger partial charge in [-0.3, -0.25) is 9.05 Å². The summed E-state index contributed by atoms with van der Waals surface area (Å²) in [7, 11) is -2.83. The Morgan fingerprint density at radius 1 is 0.221 bits per heavy atom. The standard InChI is InChI=1S/C54H112O6P2S6/c63-49-39-29-21-13-5-1-9-17-25-35-45-55-61(56-46-36-26-18-10-2-6-14-22-30-40-50-64)59-53(67)43-33-34-44-54(68)60-62(57-47-37-27-19-11-3-7-15-23-31-41-51-65)58-48-38-28-20-12-4-8-16-24-32-42-52-66/h53-54,63-68H,1-52H2. The minimum absolute atomic E-state index is 0.226. The van der Waals surface area contributed by atoms with Gasteiger partial charge < -0.3 is 18.1 Å². The zero-order valence-corrected chi connectivity index (χ0v) is 51.1. The third-order valence-corrected chi connectivity index (χ3v) is 17.3. The highest BCUT2D eigenvalue weighted by atomic mass is 32.1. The van der Waals surface area contributed by atoms with Crippen molar-refractivity contribution in [1.82, 2.24) is 0 Å². The van der Waals surface area contributed by atoms with Gasteiger partial charge >= 0.3 is 17.2 Å². The van der Waals surface area contributed by atoms with Crippen molar-refractivity contribution in [3.05, 3.63) is 0 Å². The Bertz CT molecular complexity index is 802. The van der Waals surface area contributed by atoms with E-state index in [4.69, 9.17) is 52.4 Å². The molecule has 0 saturated heterocycles. The van der Waals surface area contributed by atoms with Gasteiger partial charge in [0.05, 0.1) is 26.4 Å². The normalized spacial score (nSPS) is 12.9. The molecule has 68 heavy (non-hydrogen) atoms. The molecule has 0 bridgehead atoms. The largest absolute Gasteiger partial charge is 0.333 e. The summed E-state index contributed by atoms with van der Waals surface area (Å²) in [6, 6.07) is 0. The summed E-state index contributed by atoms with van der Waals surface area (Å²) in [6.07, 6.45) is 54.9. The number of rotatable bonds is 61. The molecule has 0 radical (unpaired) electrons. The summed E-state index contributed by atoms with van der Waals surface area (Å²) in [4.78, 5) is 0. The van der Waals surface area contributed by atoms with Crippen LogP contribution in [0.25, 0.3) is 0 Å². The predicted octanol–water partition coefficient (Wildman–Crippen LogP) is 20.9. The van der Waals surface area contributed by atoms with Gasteiger partial charge in [-0.05, 0) is 100 Å². The molecule has 0 amide bonds. The molecule has 0 aromatic heterocycles. The molecule has 0 N–H and O–H groups in total. The van der Waals surface area contributed by atoms with Gasteiger partial charge in [-0.25, -0.2) is 0 Å². The molecule has 0 aliphatic rings. The highest BCUT2D eigenvalue weighted by Gasteiger charge is 2.20. The Morgan fingerprint density at radius 3 is 0.559 bits per heavy atom. The number of hydrogen-bond donors (Lipinski definition) is 6. The van der Waals surface area contributed by atoms with Crippen LogP contribution in [-0.2, 0) is 27.1 Å². The molecule has 6 nitrogen and oxygen atoms in total. The average molecular weight is 1110 g/mol. The fourth-order valence-corrected chi connectivity index (χ4v) is 12.0. The molecular weight excluding hydrogens is 999 g/mol. The van der Waals surface area contributed by atoms with Crippen LogP contribution in [0.3, 0.4) is 0 Å². The smallest absolute Gasteiger partial charge is 0.312 e. The van der Waals surface area contributed by atoms with Crippen molar-refractivity contribution < 1.29 is 27.1 Å². The third kappa shape index (κ3) is 58.0. The van der Waals surface area contributed by atoms with Crippen LogP contribution in [0, 0.1) is 0 Å². The molecule has 2 atom stereocenters. The van der Waals surface area contributed by atoms with Crippen molar-refractivity contribution in [3.63, 3.8) is 0 Å². The molecule has 0 aromatic rings. The molecule has 0 aromatic carbocycles. The van der Waals surface area contributed by atoms with E-state index in [2.05, 4.69) is 50.5 Å². The van der Waals surface area contributed by atoms with Crippen LogP contribution in [-0.4, -0.2) is 60.3 Å². The van der Waals surface area contributed by atoms with Crippen LogP contribution >= 0.6 is 93.0 Å². The van der Waals surface area contributed by atoms with Crippen molar-refractivity contribution in [2.45, 2.75) is 293 Å². The number of hydrogen-bond acceptors (Lipinski definition) is 12. The van der Waals surface area contributed by atoms with Crippen LogP contribution in [0.2, 0.25) is 0 Å². The second-order valence-corrected chi connectivity index (χ2v) is 24.5. The Balaban J connectivity index is 4.69. The lowest BCUT2D eigenvalue weighted by Crippen LogP contribution is -2.08. The first-order valence-electron chi connectivity index (χ1n) is 28.8. The summed E-state index contributed by atoms with van der Waals surface area (Å²) in [5.41, 5.74) is -0.452. The van der Waals surface area contributed by atoms with Crippen LogP contribution < -0.4 is 0 Å². The lowest BCUT2D eigenvalue weighted by atomic mass is 10.1. The molecule has 14 heteroatoms. The van der Waals surface area contributed by atoms with Gasteiger partial charge in [0.25, 0.3) is 0 Å². The second kappa shape index (κ2) is 62.3. The zero-order chi connectivity index (χ0) is 49.3. The van der Waals surface area contributed by atoms with Gasteiger partial charge in [0, 0.05) is 0 Å². The van der Waals surface area contributed by atoms with Crippen LogP contribution in [0.5, 0.6) is 0 Å². The van der Waals surface area contributed by atoms with Crippen molar-refractivity contribution in [3.8, 4) is 0 Å². The third-order valence-electron chi connectivity index (χ3n) is 12.6. The Morgan fingerprint density at radius 2 is 0.382 bits per heavy atom. The maximum absolute atomic E-state index is 6.32. The molecule has 2 unspecified atom stereocenters. The fourth-order valence-electron chi connectivity index (χ4n) is 8.21. The molecule has 0 saturated carbocycles. The lowest BCUT2D eigenvalue weighted by molar-refractivity contribution is 0.138. The van der Waals surface area contributed by atoms with E-state index in [1.807, 2.05) is 0 Å². The molecule has 0 fully saturated rings. The monoisotopic (exact) mass is 1110 g/mol. The lowest BCUT2D eigenvalue weighted by Gasteiger charge is -2.22. The van der Waals surface area contributed by atoms with Gasteiger partial charge in [0.15, 0.2) is 0 Å². The van der Waals surface area contributed by atoms with E-state index in [1.54, 1.807) is 0 Å². The molecule has 0 spiro atoms. The van der Waals surface area contributed by atoms with Gasteiger partial charge in [-0.15, -0.1) is 25.3 Å². The van der Waals surface area contributed by atoms with E-state index >= 15 is 0 Å². The quantitative estimate of drug-likeness (QED) is 0.0158. The van der Waals surface area contributed by atoms with E-state index in [0.29, 0.717) is 26.4 Å². The van der Waals surface area contributed by atoms with E-state index < -0.39 is 17.2 Å². The molecular formula is C54H112O6P2S6. The SMILES string of the molecule is SCCCCCCCCCCCCOP(OCCCCCCCCCCCCS)OC(S)CCCCC(S)OP(OCCCCCCCCCCCCS)OCCCCCCCCCCCCS. The van der Waals surface area contributed by atoms with E-state index in [1.165, 1.54) is 231 Å². The topological polar surface area (TPSA) is 55.4 Å².